The van der Waals surface area contributed by atoms with Crippen molar-refractivity contribution in [3.63, 3.8) is 0 Å². The smallest absolute Gasteiger partial charge is 0.135 e. The van der Waals surface area contributed by atoms with Crippen LogP contribution in [0.25, 0.3) is 0 Å². The lowest BCUT2D eigenvalue weighted by molar-refractivity contribution is 0.120. The molecule has 0 radical (unpaired) electrons. The van der Waals surface area contributed by atoms with E-state index < -0.39 is 0 Å². The van der Waals surface area contributed by atoms with E-state index in [2.05, 4.69) is 37.8 Å². The van der Waals surface area contributed by atoms with E-state index in [4.69, 9.17) is 4.98 Å². The van der Waals surface area contributed by atoms with Crippen molar-refractivity contribution in [1.29, 1.82) is 0 Å². The molecule has 4 heterocycles. The number of piperazine rings is 1. The van der Waals surface area contributed by atoms with Gasteiger partial charge in [0.15, 0.2) is 0 Å². The topological polar surface area (TPSA) is 53.3 Å². The third-order valence-corrected chi connectivity index (χ3v) is 6.75. The van der Waals surface area contributed by atoms with Gasteiger partial charge < -0.3 is 4.90 Å². The van der Waals surface area contributed by atoms with Crippen LogP contribution in [0.5, 0.6) is 0 Å². The molecule has 0 N–H and O–H groups in total. The van der Waals surface area contributed by atoms with Crippen LogP contribution in [0.3, 0.4) is 0 Å². The van der Waals surface area contributed by atoms with E-state index in [-0.39, 0.29) is 0 Å². The molecule has 0 spiro atoms. The molecule has 150 valence electrons. The van der Waals surface area contributed by atoms with Gasteiger partial charge in [0.2, 0.25) is 0 Å². The van der Waals surface area contributed by atoms with Crippen LogP contribution in [0.4, 0.5) is 5.82 Å². The van der Waals surface area contributed by atoms with Crippen LogP contribution >= 0.6 is 0 Å². The molecule has 0 unspecified atom stereocenters. The number of hydrogen-bond donors (Lipinski definition) is 0. The Balaban J connectivity index is 1.27. The van der Waals surface area contributed by atoms with Gasteiger partial charge in [0.25, 0.3) is 0 Å². The van der Waals surface area contributed by atoms with E-state index in [0.717, 1.165) is 50.9 Å². The van der Waals surface area contributed by atoms with Crippen LogP contribution in [-0.4, -0.2) is 68.3 Å². The molecule has 3 aliphatic rings. The molecule has 28 heavy (non-hydrogen) atoms. The van der Waals surface area contributed by atoms with Crippen LogP contribution in [0.1, 0.15) is 41.9 Å². The average Bonchev–Trinajstić information content (AvgIpc) is 2.97. The van der Waals surface area contributed by atoms with Gasteiger partial charge in [-0.2, -0.15) is 5.10 Å². The fourth-order valence-electron chi connectivity index (χ4n) is 4.89. The molecule has 0 bridgehead atoms. The monoisotopic (exact) mass is 381 g/mol. The Labute approximate surface area is 167 Å². The Morgan fingerprint density at radius 3 is 2.57 bits per heavy atom. The van der Waals surface area contributed by atoms with Crippen LogP contribution in [0, 0.1) is 6.92 Å². The number of anilines is 1. The summed E-state index contributed by atoms with van der Waals surface area (Å²) in [5.74, 6) is 1.19. The Bertz CT molecular complexity index is 833. The lowest BCUT2D eigenvalue weighted by atomic mass is 9.91. The normalized spacial score (nSPS) is 21.6. The third-order valence-electron chi connectivity index (χ3n) is 6.75. The number of hydrogen-bond acceptors (Lipinski definition) is 6. The molecular formula is C21H31N7. The second-order valence-corrected chi connectivity index (χ2v) is 8.59. The van der Waals surface area contributed by atoms with E-state index in [1.165, 1.54) is 55.1 Å². The lowest BCUT2D eigenvalue weighted by Gasteiger charge is -2.43. The number of fused-ring (bicyclic) bond motifs is 1. The fraction of sp³-hybridized carbons (Fsp3) is 0.667. The van der Waals surface area contributed by atoms with E-state index >= 15 is 0 Å². The largest absolute Gasteiger partial charge is 0.354 e. The number of rotatable bonds is 4. The SMILES string of the molecule is Cc1cc(CN2CCc3c(ncnc3N3CCN(C4CCC4)CC3)C2)n(C)n1. The van der Waals surface area contributed by atoms with E-state index in [1.807, 2.05) is 11.7 Å². The number of aromatic nitrogens is 4. The number of nitrogens with zero attached hydrogens (tertiary/aromatic N) is 7. The number of aryl methyl sites for hydroxylation is 2. The van der Waals surface area contributed by atoms with Crippen molar-refractivity contribution in [2.75, 3.05) is 37.6 Å². The first kappa shape index (κ1) is 18.1. The van der Waals surface area contributed by atoms with Gasteiger partial charge in [-0.25, -0.2) is 9.97 Å². The summed E-state index contributed by atoms with van der Waals surface area (Å²) in [7, 11) is 2.03. The van der Waals surface area contributed by atoms with Gasteiger partial charge >= 0.3 is 0 Å². The average molecular weight is 382 g/mol. The minimum atomic E-state index is 0.852. The molecule has 0 amide bonds. The zero-order chi connectivity index (χ0) is 19.1. The van der Waals surface area contributed by atoms with Crippen molar-refractivity contribution in [2.45, 2.75) is 51.7 Å². The maximum atomic E-state index is 4.71. The Morgan fingerprint density at radius 2 is 1.89 bits per heavy atom. The standard InChI is InChI=1S/C21H31N7/c1-16-12-18(25(2)24-16)13-26-7-6-19-20(14-26)22-15-23-21(19)28-10-8-27(9-11-28)17-4-3-5-17/h12,15,17H,3-11,13-14H2,1-2H3. The molecule has 7 nitrogen and oxygen atoms in total. The van der Waals surface area contributed by atoms with E-state index in [0.29, 0.717) is 0 Å². The van der Waals surface area contributed by atoms with Crippen molar-refractivity contribution < 1.29 is 0 Å². The van der Waals surface area contributed by atoms with Crippen LogP contribution < -0.4 is 4.90 Å². The minimum Gasteiger partial charge on any atom is -0.354 e. The molecule has 1 saturated carbocycles. The van der Waals surface area contributed by atoms with Crippen molar-refractivity contribution in [1.82, 2.24) is 29.5 Å². The van der Waals surface area contributed by atoms with E-state index in [1.54, 1.807) is 6.33 Å². The van der Waals surface area contributed by atoms with Crippen LogP contribution in [0.2, 0.25) is 0 Å². The molecule has 7 heteroatoms. The summed E-state index contributed by atoms with van der Waals surface area (Å²) in [6, 6.07) is 3.04. The molecule has 2 aromatic heterocycles. The zero-order valence-corrected chi connectivity index (χ0v) is 17.1. The van der Waals surface area contributed by atoms with Gasteiger partial charge in [-0.05, 0) is 32.3 Å². The second-order valence-electron chi connectivity index (χ2n) is 8.59. The maximum absolute atomic E-state index is 4.71. The quantitative estimate of drug-likeness (QED) is 0.804. The highest BCUT2D eigenvalue weighted by Gasteiger charge is 2.30. The van der Waals surface area contributed by atoms with Crippen LogP contribution in [-0.2, 0) is 26.6 Å². The fourth-order valence-corrected chi connectivity index (χ4v) is 4.89. The highest BCUT2D eigenvalue weighted by molar-refractivity contribution is 5.50. The van der Waals surface area contributed by atoms with Gasteiger partial charge in [-0.1, -0.05) is 6.42 Å². The molecule has 0 atom stereocenters. The third kappa shape index (κ3) is 3.42. The van der Waals surface area contributed by atoms with Gasteiger partial charge in [-0.3, -0.25) is 14.5 Å². The Hall–Kier alpha value is -1.99. The molecule has 1 saturated heterocycles. The highest BCUT2D eigenvalue weighted by atomic mass is 15.3. The van der Waals surface area contributed by atoms with Gasteiger partial charge in [-0.15, -0.1) is 0 Å². The first-order valence-corrected chi connectivity index (χ1v) is 10.7. The van der Waals surface area contributed by atoms with Crippen molar-refractivity contribution in [2.24, 2.45) is 7.05 Å². The molecule has 2 fully saturated rings. The summed E-state index contributed by atoms with van der Waals surface area (Å²) in [6.07, 6.45) is 7.01. The van der Waals surface area contributed by atoms with Crippen molar-refractivity contribution >= 4 is 5.82 Å². The zero-order valence-electron chi connectivity index (χ0n) is 17.1. The first-order valence-electron chi connectivity index (χ1n) is 10.7. The molecule has 2 aromatic rings. The summed E-state index contributed by atoms with van der Waals surface area (Å²) in [4.78, 5) is 17.0. The summed E-state index contributed by atoms with van der Waals surface area (Å²) in [6.45, 7) is 9.48. The summed E-state index contributed by atoms with van der Waals surface area (Å²) >= 11 is 0. The lowest BCUT2D eigenvalue weighted by Crippen LogP contribution is -2.52. The highest BCUT2D eigenvalue weighted by Crippen LogP contribution is 2.29. The van der Waals surface area contributed by atoms with Crippen LogP contribution in [0.15, 0.2) is 12.4 Å². The van der Waals surface area contributed by atoms with Crippen molar-refractivity contribution in [3.05, 3.63) is 35.0 Å². The molecular weight excluding hydrogens is 350 g/mol. The first-order chi connectivity index (χ1) is 13.7. The van der Waals surface area contributed by atoms with Gasteiger partial charge in [0.05, 0.1) is 17.1 Å². The van der Waals surface area contributed by atoms with E-state index in [9.17, 15) is 0 Å². The molecule has 5 rings (SSSR count). The molecule has 1 aliphatic carbocycles. The summed E-state index contributed by atoms with van der Waals surface area (Å²) < 4.78 is 2.00. The predicted octanol–water partition coefficient (Wildman–Crippen LogP) is 1.75. The molecule has 2 aliphatic heterocycles. The Kier molecular flexibility index (Phi) is 4.80. The maximum Gasteiger partial charge on any atom is 0.135 e. The minimum absolute atomic E-state index is 0.852. The van der Waals surface area contributed by atoms with Crippen molar-refractivity contribution in [3.8, 4) is 0 Å². The Morgan fingerprint density at radius 1 is 1.07 bits per heavy atom. The molecule has 0 aromatic carbocycles. The van der Waals surface area contributed by atoms with Gasteiger partial charge in [0, 0.05) is 64.5 Å². The predicted molar refractivity (Wildman–Crippen MR) is 109 cm³/mol. The summed E-state index contributed by atoms with van der Waals surface area (Å²) in [5.41, 5.74) is 4.93. The second kappa shape index (κ2) is 7.44. The van der Waals surface area contributed by atoms with Gasteiger partial charge in [0.1, 0.15) is 12.1 Å². The summed E-state index contributed by atoms with van der Waals surface area (Å²) in [5, 5.41) is 4.48.